The molecule has 7 nitrogen and oxygen atoms in total. The maximum absolute atomic E-state index is 13.5. The molecule has 3 N–H and O–H groups in total. The molecule has 3 aromatic rings. The van der Waals surface area contributed by atoms with E-state index in [0.29, 0.717) is 25.3 Å². The number of fused-ring (bicyclic) bond motifs is 1. The van der Waals surface area contributed by atoms with E-state index in [-0.39, 0.29) is 23.9 Å². The summed E-state index contributed by atoms with van der Waals surface area (Å²) in [6.45, 7) is 2.31. The third-order valence-corrected chi connectivity index (χ3v) is 9.68. The van der Waals surface area contributed by atoms with Crippen molar-refractivity contribution < 1.29 is 32.7 Å². The summed E-state index contributed by atoms with van der Waals surface area (Å²) in [5, 5.41) is 14.7. The first-order valence-electron chi connectivity index (χ1n) is 16.7. The number of hydrogen-bond donors (Lipinski definition) is 3. The Morgan fingerprint density at radius 2 is 1.63 bits per heavy atom. The summed E-state index contributed by atoms with van der Waals surface area (Å²) in [5.41, 5.74) is 7.77. The SMILES string of the molecule is O=C(N[C@H](C=C1CCC(c2ccccc2CN2CCCC2=O)CC1)Cc1ccc(Cl)cc1)[C@H]1Cc2ccccc2CN1.O=C(O)C(F)(F)F. The number of alkyl halides is 3. The fourth-order valence-corrected chi connectivity index (χ4v) is 6.98. The van der Waals surface area contributed by atoms with Crippen molar-refractivity contribution in [2.45, 2.75) is 88.6 Å². The van der Waals surface area contributed by atoms with Crippen LogP contribution in [0.15, 0.2) is 84.4 Å². The van der Waals surface area contributed by atoms with Crippen LogP contribution < -0.4 is 10.6 Å². The van der Waals surface area contributed by atoms with E-state index in [1.807, 2.05) is 35.2 Å². The third kappa shape index (κ3) is 10.2. The first kappa shape index (κ1) is 36.1. The predicted octanol–water partition coefficient (Wildman–Crippen LogP) is 7.12. The lowest BCUT2D eigenvalue weighted by Gasteiger charge is -2.29. The van der Waals surface area contributed by atoms with Gasteiger partial charge in [-0.3, -0.25) is 9.59 Å². The third-order valence-electron chi connectivity index (χ3n) is 9.43. The van der Waals surface area contributed by atoms with Crippen molar-refractivity contribution in [3.05, 3.63) is 117 Å². The van der Waals surface area contributed by atoms with E-state index < -0.39 is 12.1 Å². The number of amides is 2. The predicted molar refractivity (Wildman–Crippen MR) is 182 cm³/mol. The maximum Gasteiger partial charge on any atom is 0.490 e. The number of rotatable bonds is 8. The molecular formula is C38H41ClF3N3O4. The standard InChI is InChI=1S/C36H40ClN3O2.C2HF3O2/c37-31-17-13-26(14-18-31)21-32(39-36(42)34-22-28-6-1-2-7-29(28)23-38-34)20-25-11-15-27(16-12-25)33-9-4-3-8-30(33)24-40-19-5-10-35(40)41;3-2(4,5)1(6)7/h1-4,6-9,13-14,17-18,20,27,32,34,38H,5,10-12,15-16,19,21-24H2,(H,39,42);(H,6,7)/t27?,32-,34-;/m1./s1. The number of allylic oxidation sites excluding steroid dienone is 1. The van der Waals surface area contributed by atoms with Gasteiger partial charge in [0.05, 0.1) is 12.1 Å². The van der Waals surface area contributed by atoms with E-state index in [1.54, 1.807) is 0 Å². The van der Waals surface area contributed by atoms with Crippen LogP contribution in [0.5, 0.6) is 0 Å². The molecule has 3 aliphatic rings. The number of carboxylic acid groups (broad SMARTS) is 1. The van der Waals surface area contributed by atoms with Gasteiger partial charge in [-0.1, -0.05) is 83.9 Å². The summed E-state index contributed by atoms with van der Waals surface area (Å²) in [6, 6.07) is 24.7. The Labute approximate surface area is 289 Å². The smallest absolute Gasteiger partial charge is 0.475 e. The fourth-order valence-electron chi connectivity index (χ4n) is 6.85. The minimum atomic E-state index is -5.08. The van der Waals surface area contributed by atoms with Crippen LogP contribution in [0.3, 0.4) is 0 Å². The van der Waals surface area contributed by atoms with Crippen LogP contribution in [0, 0.1) is 0 Å². The van der Waals surface area contributed by atoms with Gasteiger partial charge in [0.2, 0.25) is 11.8 Å². The molecule has 0 radical (unpaired) electrons. The van der Waals surface area contributed by atoms with Gasteiger partial charge in [0.25, 0.3) is 0 Å². The molecule has 49 heavy (non-hydrogen) atoms. The van der Waals surface area contributed by atoms with Crippen molar-refractivity contribution in [2.75, 3.05) is 6.54 Å². The van der Waals surface area contributed by atoms with Gasteiger partial charge in [0, 0.05) is 31.1 Å². The average molecular weight is 696 g/mol. The number of nitrogens with one attached hydrogen (secondary N) is 2. The number of benzene rings is 3. The zero-order chi connectivity index (χ0) is 35.0. The molecule has 0 aromatic heterocycles. The normalized spacial score (nSPS) is 19.7. The van der Waals surface area contributed by atoms with E-state index in [0.717, 1.165) is 62.2 Å². The second kappa shape index (κ2) is 16.5. The Morgan fingerprint density at radius 1 is 0.980 bits per heavy atom. The summed E-state index contributed by atoms with van der Waals surface area (Å²) < 4.78 is 31.7. The molecule has 1 aliphatic carbocycles. The van der Waals surface area contributed by atoms with Crippen molar-refractivity contribution in [1.29, 1.82) is 0 Å². The van der Waals surface area contributed by atoms with Gasteiger partial charge in [-0.15, -0.1) is 0 Å². The molecule has 6 rings (SSSR count). The molecule has 1 saturated carbocycles. The number of carboxylic acids is 1. The Kier molecular flexibility index (Phi) is 12.2. The Hall–Kier alpha value is -4.15. The molecule has 260 valence electrons. The fraction of sp³-hybridized carbons (Fsp3) is 0.395. The van der Waals surface area contributed by atoms with E-state index in [2.05, 4.69) is 59.2 Å². The van der Waals surface area contributed by atoms with Crippen LogP contribution >= 0.6 is 11.6 Å². The first-order chi connectivity index (χ1) is 23.5. The molecular weight excluding hydrogens is 655 g/mol. The molecule has 2 fully saturated rings. The summed E-state index contributed by atoms with van der Waals surface area (Å²) in [4.78, 5) is 36.7. The van der Waals surface area contributed by atoms with Crippen LogP contribution in [0.25, 0.3) is 0 Å². The highest BCUT2D eigenvalue weighted by Crippen LogP contribution is 2.38. The number of likely N-dealkylation sites (tertiary alicyclic amines) is 1. The van der Waals surface area contributed by atoms with Crippen LogP contribution in [0.1, 0.15) is 72.3 Å². The largest absolute Gasteiger partial charge is 0.490 e. The van der Waals surface area contributed by atoms with Gasteiger partial charge >= 0.3 is 12.1 Å². The van der Waals surface area contributed by atoms with Crippen molar-refractivity contribution >= 4 is 29.4 Å². The zero-order valence-electron chi connectivity index (χ0n) is 27.1. The van der Waals surface area contributed by atoms with Gasteiger partial charge in [0.15, 0.2) is 0 Å². The Morgan fingerprint density at radius 3 is 2.29 bits per heavy atom. The summed E-state index contributed by atoms with van der Waals surface area (Å²) in [5.74, 6) is -1.93. The molecule has 3 aromatic carbocycles. The lowest BCUT2D eigenvalue weighted by molar-refractivity contribution is -0.192. The topological polar surface area (TPSA) is 98.7 Å². The lowest BCUT2D eigenvalue weighted by Crippen LogP contribution is -2.50. The average Bonchev–Trinajstić information content (AvgIpc) is 3.49. The highest BCUT2D eigenvalue weighted by Gasteiger charge is 2.38. The van der Waals surface area contributed by atoms with Crippen LogP contribution in [-0.2, 0) is 40.3 Å². The number of carbonyl (C=O) groups excluding carboxylic acids is 2. The molecule has 2 atom stereocenters. The highest BCUT2D eigenvalue weighted by molar-refractivity contribution is 6.30. The molecule has 2 amide bonds. The molecule has 2 heterocycles. The van der Waals surface area contributed by atoms with E-state index in [1.165, 1.54) is 27.8 Å². The summed E-state index contributed by atoms with van der Waals surface area (Å²) in [7, 11) is 0. The first-order valence-corrected chi connectivity index (χ1v) is 17.0. The van der Waals surface area contributed by atoms with Crippen LogP contribution in [-0.4, -0.2) is 52.6 Å². The maximum atomic E-state index is 13.5. The number of nitrogens with zero attached hydrogens (tertiary/aromatic N) is 1. The molecule has 0 unspecified atom stereocenters. The van der Waals surface area contributed by atoms with Crippen molar-refractivity contribution in [3.8, 4) is 0 Å². The van der Waals surface area contributed by atoms with E-state index in [4.69, 9.17) is 21.5 Å². The number of carbonyl (C=O) groups is 3. The Bertz CT molecular complexity index is 1650. The minimum Gasteiger partial charge on any atom is -0.475 e. The molecule has 2 aliphatic heterocycles. The number of halogens is 4. The number of hydrogen-bond acceptors (Lipinski definition) is 4. The molecule has 0 spiro atoms. The highest BCUT2D eigenvalue weighted by atomic mass is 35.5. The lowest BCUT2D eigenvalue weighted by atomic mass is 9.79. The monoisotopic (exact) mass is 695 g/mol. The second-order valence-electron chi connectivity index (χ2n) is 12.9. The second-order valence-corrected chi connectivity index (χ2v) is 13.3. The van der Waals surface area contributed by atoms with Crippen molar-refractivity contribution in [3.63, 3.8) is 0 Å². The van der Waals surface area contributed by atoms with Gasteiger partial charge in [0.1, 0.15) is 0 Å². The van der Waals surface area contributed by atoms with Gasteiger partial charge in [-0.2, -0.15) is 13.2 Å². The summed E-state index contributed by atoms with van der Waals surface area (Å²) >= 11 is 6.15. The number of aliphatic carboxylic acids is 1. The van der Waals surface area contributed by atoms with Gasteiger partial charge in [-0.25, -0.2) is 4.79 Å². The Balaban J connectivity index is 0.000000606. The summed E-state index contributed by atoms with van der Waals surface area (Å²) in [6.07, 6.45) is 4.51. The van der Waals surface area contributed by atoms with E-state index >= 15 is 0 Å². The van der Waals surface area contributed by atoms with Crippen LogP contribution in [0.2, 0.25) is 5.02 Å². The van der Waals surface area contributed by atoms with Crippen molar-refractivity contribution in [2.24, 2.45) is 0 Å². The van der Waals surface area contributed by atoms with E-state index in [9.17, 15) is 22.8 Å². The molecule has 11 heteroatoms. The molecule has 0 bridgehead atoms. The molecule has 1 saturated heterocycles. The minimum absolute atomic E-state index is 0.0550. The van der Waals surface area contributed by atoms with Gasteiger partial charge < -0.3 is 20.6 Å². The zero-order valence-corrected chi connectivity index (χ0v) is 27.9. The van der Waals surface area contributed by atoms with Crippen molar-refractivity contribution in [1.82, 2.24) is 15.5 Å². The van der Waals surface area contributed by atoms with Crippen LogP contribution in [0.4, 0.5) is 13.2 Å². The quantitative estimate of drug-likeness (QED) is 0.218. The van der Waals surface area contributed by atoms with Gasteiger partial charge in [-0.05, 0) is 90.8 Å².